The SMILES string of the molecule is Cc1cc(CCCc2cc3c(cc2O)OCO3)c(O)c(C)c1O. The minimum Gasteiger partial charge on any atom is -0.508 e. The van der Waals surface area contributed by atoms with E-state index in [2.05, 4.69) is 0 Å². The number of phenolic OH excluding ortho intramolecular Hbond substituents is 3. The summed E-state index contributed by atoms with van der Waals surface area (Å²) in [6.07, 6.45) is 2.06. The molecule has 5 nitrogen and oxygen atoms in total. The van der Waals surface area contributed by atoms with Gasteiger partial charge in [0.1, 0.15) is 17.2 Å². The Morgan fingerprint density at radius 1 is 0.870 bits per heavy atom. The topological polar surface area (TPSA) is 79.2 Å². The van der Waals surface area contributed by atoms with Crippen LogP contribution in [0.25, 0.3) is 0 Å². The molecular weight excluding hydrogens is 296 g/mol. The number of benzene rings is 2. The van der Waals surface area contributed by atoms with E-state index in [9.17, 15) is 15.3 Å². The third-order valence-corrected chi connectivity index (χ3v) is 4.24. The molecule has 0 radical (unpaired) electrons. The number of hydrogen-bond donors (Lipinski definition) is 3. The lowest BCUT2D eigenvalue weighted by atomic mass is 9.98. The Labute approximate surface area is 134 Å². The van der Waals surface area contributed by atoms with Gasteiger partial charge in [-0.3, -0.25) is 0 Å². The van der Waals surface area contributed by atoms with Crippen molar-refractivity contribution in [3.05, 3.63) is 40.5 Å². The van der Waals surface area contributed by atoms with Crippen molar-refractivity contribution in [2.24, 2.45) is 0 Å². The summed E-state index contributed by atoms with van der Waals surface area (Å²) in [6.45, 7) is 3.69. The molecule has 0 aromatic heterocycles. The third-order valence-electron chi connectivity index (χ3n) is 4.24. The van der Waals surface area contributed by atoms with Crippen LogP contribution in [0.4, 0.5) is 0 Å². The van der Waals surface area contributed by atoms with Crippen LogP contribution in [0.2, 0.25) is 0 Å². The number of hydrogen-bond acceptors (Lipinski definition) is 5. The molecule has 0 bridgehead atoms. The van der Waals surface area contributed by atoms with Crippen molar-refractivity contribution in [1.82, 2.24) is 0 Å². The van der Waals surface area contributed by atoms with Crippen molar-refractivity contribution < 1.29 is 24.8 Å². The lowest BCUT2D eigenvalue weighted by Crippen LogP contribution is -1.95. The zero-order chi connectivity index (χ0) is 16.6. The van der Waals surface area contributed by atoms with Gasteiger partial charge in [0.15, 0.2) is 11.5 Å². The molecule has 3 rings (SSSR count). The van der Waals surface area contributed by atoms with Crippen LogP contribution in [-0.2, 0) is 12.8 Å². The van der Waals surface area contributed by atoms with E-state index >= 15 is 0 Å². The molecule has 0 aliphatic carbocycles. The lowest BCUT2D eigenvalue weighted by Gasteiger charge is -2.12. The van der Waals surface area contributed by atoms with E-state index in [1.165, 1.54) is 0 Å². The van der Waals surface area contributed by atoms with Gasteiger partial charge in [-0.25, -0.2) is 0 Å². The maximum absolute atomic E-state index is 10.1. The normalized spacial score (nSPS) is 12.6. The molecule has 3 N–H and O–H groups in total. The summed E-state index contributed by atoms with van der Waals surface area (Å²) in [5.74, 6) is 1.69. The second-order valence-electron chi connectivity index (χ2n) is 5.86. The highest BCUT2D eigenvalue weighted by atomic mass is 16.7. The molecule has 0 atom stereocenters. The molecule has 5 heteroatoms. The average molecular weight is 316 g/mol. The first-order valence-electron chi connectivity index (χ1n) is 7.60. The molecule has 0 unspecified atom stereocenters. The predicted molar refractivity (Wildman–Crippen MR) is 85.5 cm³/mol. The first-order chi connectivity index (χ1) is 11.0. The molecule has 2 aromatic rings. The van der Waals surface area contributed by atoms with Crippen molar-refractivity contribution in [3.63, 3.8) is 0 Å². The van der Waals surface area contributed by atoms with Crippen molar-refractivity contribution >= 4 is 0 Å². The second-order valence-corrected chi connectivity index (χ2v) is 5.86. The second kappa shape index (κ2) is 5.91. The van der Waals surface area contributed by atoms with E-state index in [1.807, 2.05) is 6.92 Å². The Morgan fingerprint density at radius 3 is 2.26 bits per heavy atom. The number of aryl methyl sites for hydroxylation is 3. The van der Waals surface area contributed by atoms with E-state index < -0.39 is 0 Å². The van der Waals surface area contributed by atoms with Crippen LogP contribution < -0.4 is 9.47 Å². The summed E-state index contributed by atoms with van der Waals surface area (Å²) in [5.41, 5.74) is 2.85. The number of aromatic hydroxyl groups is 3. The smallest absolute Gasteiger partial charge is 0.231 e. The minimum atomic E-state index is 0.139. The van der Waals surface area contributed by atoms with Gasteiger partial charge in [0.05, 0.1) is 0 Å². The van der Waals surface area contributed by atoms with E-state index in [0.29, 0.717) is 29.9 Å². The highest BCUT2D eigenvalue weighted by molar-refractivity contribution is 5.53. The zero-order valence-corrected chi connectivity index (χ0v) is 13.2. The van der Waals surface area contributed by atoms with Crippen LogP contribution in [0.3, 0.4) is 0 Å². The third kappa shape index (κ3) is 2.86. The van der Waals surface area contributed by atoms with Crippen molar-refractivity contribution in [2.75, 3.05) is 6.79 Å². The van der Waals surface area contributed by atoms with Crippen LogP contribution in [0.5, 0.6) is 28.7 Å². The summed E-state index contributed by atoms with van der Waals surface area (Å²) in [6, 6.07) is 5.17. The van der Waals surface area contributed by atoms with Gasteiger partial charge in [0.25, 0.3) is 0 Å². The Balaban J connectivity index is 1.71. The summed E-state index contributed by atoms with van der Waals surface area (Å²) in [5, 5.41) is 30.0. The highest BCUT2D eigenvalue weighted by Gasteiger charge is 2.17. The molecular formula is C18H20O5. The fraction of sp³-hybridized carbons (Fsp3) is 0.333. The number of fused-ring (bicyclic) bond motifs is 1. The van der Waals surface area contributed by atoms with Gasteiger partial charge < -0.3 is 24.8 Å². The average Bonchev–Trinajstić information content (AvgIpc) is 2.97. The Bertz CT molecular complexity index is 752. The largest absolute Gasteiger partial charge is 0.508 e. The molecule has 2 aromatic carbocycles. The Hall–Kier alpha value is -2.56. The van der Waals surface area contributed by atoms with Gasteiger partial charge in [-0.1, -0.05) is 0 Å². The number of phenols is 3. The molecule has 122 valence electrons. The molecule has 1 aliphatic heterocycles. The van der Waals surface area contributed by atoms with Crippen LogP contribution >= 0.6 is 0 Å². The maximum Gasteiger partial charge on any atom is 0.231 e. The van der Waals surface area contributed by atoms with Crippen molar-refractivity contribution in [3.8, 4) is 28.7 Å². The van der Waals surface area contributed by atoms with Crippen molar-refractivity contribution in [2.45, 2.75) is 33.1 Å². The van der Waals surface area contributed by atoms with Gasteiger partial charge in [-0.2, -0.15) is 0 Å². The fourth-order valence-electron chi connectivity index (χ4n) is 2.88. The van der Waals surface area contributed by atoms with E-state index in [-0.39, 0.29) is 24.0 Å². The monoisotopic (exact) mass is 316 g/mol. The van der Waals surface area contributed by atoms with Gasteiger partial charge >= 0.3 is 0 Å². The standard InChI is InChI=1S/C18H20O5/c1-10-6-13(18(21)11(2)17(10)20)5-3-4-12-7-15-16(8-14(12)19)23-9-22-15/h6-8,19-21H,3-5,9H2,1-2H3. The first kappa shape index (κ1) is 15.3. The Kier molecular flexibility index (Phi) is 3.94. The first-order valence-corrected chi connectivity index (χ1v) is 7.60. The van der Waals surface area contributed by atoms with Gasteiger partial charge in [-0.05, 0) is 61.9 Å². The number of rotatable bonds is 4. The predicted octanol–water partition coefficient (Wildman–Crippen LogP) is 3.32. The summed E-state index contributed by atoms with van der Waals surface area (Å²) in [4.78, 5) is 0. The number of ether oxygens (including phenoxy) is 2. The molecule has 0 amide bonds. The van der Waals surface area contributed by atoms with E-state index in [0.717, 1.165) is 23.1 Å². The van der Waals surface area contributed by atoms with Gasteiger partial charge in [-0.15, -0.1) is 0 Å². The molecule has 0 saturated carbocycles. The summed E-state index contributed by atoms with van der Waals surface area (Å²) >= 11 is 0. The lowest BCUT2D eigenvalue weighted by molar-refractivity contribution is 0.174. The summed E-state index contributed by atoms with van der Waals surface area (Å²) in [7, 11) is 0. The van der Waals surface area contributed by atoms with Crippen LogP contribution in [-0.4, -0.2) is 22.1 Å². The van der Waals surface area contributed by atoms with Gasteiger partial charge in [0.2, 0.25) is 6.79 Å². The molecule has 1 heterocycles. The molecule has 0 saturated heterocycles. The minimum absolute atomic E-state index is 0.139. The quantitative estimate of drug-likeness (QED) is 0.806. The molecule has 23 heavy (non-hydrogen) atoms. The maximum atomic E-state index is 10.1. The van der Waals surface area contributed by atoms with Gasteiger partial charge in [0, 0.05) is 11.6 Å². The van der Waals surface area contributed by atoms with E-state index in [1.54, 1.807) is 25.1 Å². The van der Waals surface area contributed by atoms with E-state index in [4.69, 9.17) is 9.47 Å². The van der Waals surface area contributed by atoms with Crippen LogP contribution in [0.1, 0.15) is 28.7 Å². The fourth-order valence-corrected chi connectivity index (χ4v) is 2.88. The Morgan fingerprint density at radius 2 is 1.52 bits per heavy atom. The zero-order valence-electron chi connectivity index (χ0n) is 13.2. The summed E-state index contributed by atoms with van der Waals surface area (Å²) < 4.78 is 10.5. The molecule has 0 fully saturated rings. The molecule has 1 aliphatic rings. The van der Waals surface area contributed by atoms with Crippen LogP contribution in [0.15, 0.2) is 18.2 Å². The van der Waals surface area contributed by atoms with Crippen molar-refractivity contribution in [1.29, 1.82) is 0 Å². The highest BCUT2D eigenvalue weighted by Crippen LogP contribution is 2.38. The molecule has 0 spiro atoms. The van der Waals surface area contributed by atoms with Crippen LogP contribution in [0, 0.1) is 13.8 Å².